The summed E-state index contributed by atoms with van der Waals surface area (Å²) >= 11 is 1.62. The molecule has 4 aromatic rings. The lowest BCUT2D eigenvalue weighted by molar-refractivity contribution is -0.140. The minimum atomic E-state index is -1.06. The molecule has 7 nitrogen and oxygen atoms in total. The Morgan fingerprint density at radius 3 is 2.62 bits per heavy atom. The minimum absolute atomic E-state index is 0.186. The molecular formula is C21H18N4O3S. The summed E-state index contributed by atoms with van der Waals surface area (Å²) < 4.78 is 2.33. The third-order valence-corrected chi connectivity index (χ3v) is 5.63. The maximum atomic E-state index is 12.6. The van der Waals surface area contributed by atoms with Gasteiger partial charge in [0.1, 0.15) is 16.7 Å². The summed E-state index contributed by atoms with van der Waals surface area (Å²) in [6, 6.07) is 14.1. The van der Waals surface area contributed by atoms with Crippen LogP contribution in [0.25, 0.3) is 20.8 Å². The highest BCUT2D eigenvalue weighted by atomic mass is 32.1. The monoisotopic (exact) mass is 406 g/mol. The number of aryl methyl sites for hydroxylation is 1. The molecule has 2 N–H and O–H groups in total. The van der Waals surface area contributed by atoms with Crippen LogP contribution in [-0.2, 0) is 4.79 Å². The highest BCUT2D eigenvalue weighted by Gasteiger charge is 2.21. The average molecular weight is 406 g/mol. The fourth-order valence-electron chi connectivity index (χ4n) is 2.95. The van der Waals surface area contributed by atoms with Crippen LogP contribution in [0.15, 0.2) is 54.7 Å². The predicted molar refractivity (Wildman–Crippen MR) is 112 cm³/mol. The fourth-order valence-corrected chi connectivity index (χ4v) is 4.02. The number of benzene rings is 2. The molecule has 0 aliphatic rings. The normalized spacial score (nSPS) is 12.1. The standard InChI is InChI=1S/C21H18N4O3S/c1-12-3-8-16-18(11-12)29-20(24-16)14-4-6-15(7-5-14)23-19(26)17-9-10-22-25(17)13(2)21(27)28/h3-11,13H,1-2H3,(H,23,26)(H,27,28). The number of carbonyl (C=O) groups is 2. The van der Waals surface area contributed by atoms with Gasteiger partial charge in [-0.15, -0.1) is 11.3 Å². The van der Waals surface area contributed by atoms with Crippen LogP contribution in [0.4, 0.5) is 5.69 Å². The van der Waals surface area contributed by atoms with Crippen molar-refractivity contribution in [3.05, 3.63) is 66.0 Å². The van der Waals surface area contributed by atoms with Crippen molar-refractivity contribution < 1.29 is 14.7 Å². The molecule has 0 fully saturated rings. The summed E-state index contributed by atoms with van der Waals surface area (Å²) in [5, 5.41) is 16.8. The molecule has 0 saturated heterocycles. The largest absolute Gasteiger partial charge is 0.480 e. The first-order chi connectivity index (χ1) is 13.9. The van der Waals surface area contributed by atoms with Gasteiger partial charge in [0.05, 0.1) is 10.2 Å². The average Bonchev–Trinajstić information content (AvgIpc) is 3.34. The molecule has 8 heteroatoms. The van der Waals surface area contributed by atoms with Crippen LogP contribution >= 0.6 is 11.3 Å². The molecule has 146 valence electrons. The Bertz CT molecular complexity index is 1210. The molecule has 0 bridgehead atoms. The Labute approximate surface area is 170 Å². The third-order valence-electron chi connectivity index (χ3n) is 4.56. The van der Waals surface area contributed by atoms with Crippen LogP contribution in [0.3, 0.4) is 0 Å². The molecule has 2 aromatic carbocycles. The van der Waals surface area contributed by atoms with E-state index in [2.05, 4.69) is 28.4 Å². The number of amides is 1. The van der Waals surface area contributed by atoms with Gasteiger partial charge in [-0.1, -0.05) is 6.07 Å². The molecule has 1 amide bonds. The number of anilines is 1. The van der Waals surface area contributed by atoms with Crippen molar-refractivity contribution in [2.75, 3.05) is 5.32 Å². The second-order valence-electron chi connectivity index (χ2n) is 6.70. The first-order valence-electron chi connectivity index (χ1n) is 8.97. The summed E-state index contributed by atoms with van der Waals surface area (Å²) in [6.07, 6.45) is 1.41. The Hall–Kier alpha value is -3.52. The number of rotatable bonds is 5. The van der Waals surface area contributed by atoms with Gasteiger partial charge in [0.25, 0.3) is 5.91 Å². The lowest BCUT2D eigenvalue weighted by Crippen LogP contribution is -2.24. The molecule has 29 heavy (non-hydrogen) atoms. The predicted octanol–water partition coefficient (Wildman–Crippen LogP) is 4.37. The Kier molecular flexibility index (Phi) is 4.85. The molecular weight excluding hydrogens is 388 g/mol. The van der Waals surface area contributed by atoms with Crippen LogP contribution in [-0.4, -0.2) is 31.7 Å². The SMILES string of the molecule is Cc1ccc2nc(-c3ccc(NC(=O)c4ccnn4C(C)C(=O)O)cc3)sc2c1. The summed E-state index contributed by atoms with van der Waals surface area (Å²) in [7, 11) is 0. The zero-order valence-electron chi connectivity index (χ0n) is 15.8. The second-order valence-corrected chi connectivity index (χ2v) is 7.73. The number of carboxylic acid groups (broad SMARTS) is 1. The molecule has 4 rings (SSSR count). The van der Waals surface area contributed by atoms with Crippen molar-refractivity contribution >= 4 is 39.1 Å². The number of carboxylic acids is 1. The number of nitrogens with zero attached hydrogens (tertiary/aromatic N) is 3. The van der Waals surface area contributed by atoms with Crippen molar-refractivity contribution in [2.45, 2.75) is 19.9 Å². The molecule has 2 aromatic heterocycles. The minimum Gasteiger partial charge on any atom is -0.480 e. The van der Waals surface area contributed by atoms with Gasteiger partial charge < -0.3 is 10.4 Å². The van der Waals surface area contributed by atoms with Crippen molar-refractivity contribution in [2.24, 2.45) is 0 Å². The van der Waals surface area contributed by atoms with Crippen molar-refractivity contribution in [1.29, 1.82) is 0 Å². The number of thiazole rings is 1. The van der Waals surface area contributed by atoms with Crippen LogP contribution in [0, 0.1) is 6.92 Å². The smallest absolute Gasteiger partial charge is 0.328 e. The number of aromatic nitrogens is 3. The van der Waals surface area contributed by atoms with Crippen molar-refractivity contribution in [3.63, 3.8) is 0 Å². The molecule has 1 atom stereocenters. The van der Waals surface area contributed by atoms with Gasteiger partial charge in [-0.3, -0.25) is 4.79 Å². The van der Waals surface area contributed by atoms with Crippen LogP contribution in [0.5, 0.6) is 0 Å². The van der Waals surface area contributed by atoms with E-state index in [1.807, 2.05) is 24.3 Å². The summed E-state index contributed by atoms with van der Waals surface area (Å²) in [5.74, 6) is -1.48. The molecule has 2 heterocycles. The van der Waals surface area contributed by atoms with E-state index in [0.29, 0.717) is 5.69 Å². The molecule has 0 aliphatic heterocycles. The second kappa shape index (κ2) is 7.48. The van der Waals surface area contributed by atoms with Crippen molar-refractivity contribution in [3.8, 4) is 10.6 Å². The molecule has 0 saturated carbocycles. The number of fused-ring (bicyclic) bond motifs is 1. The maximum absolute atomic E-state index is 12.6. The first-order valence-corrected chi connectivity index (χ1v) is 9.79. The van der Waals surface area contributed by atoms with Gasteiger partial charge >= 0.3 is 5.97 Å². The van der Waals surface area contributed by atoms with Crippen molar-refractivity contribution in [1.82, 2.24) is 14.8 Å². The number of hydrogen-bond donors (Lipinski definition) is 2. The van der Waals surface area contributed by atoms with Crippen LogP contribution in [0.2, 0.25) is 0 Å². The molecule has 1 unspecified atom stereocenters. The van der Waals surface area contributed by atoms with E-state index < -0.39 is 17.9 Å². The van der Waals surface area contributed by atoms with E-state index in [1.54, 1.807) is 23.5 Å². The highest BCUT2D eigenvalue weighted by molar-refractivity contribution is 7.21. The Morgan fingerprint density at radius 2 is 1.90 bits per heavy atom. The lowest BCUT2D eigenvalue weighted by atomic mass is 10.2. The van der Waals surface area contributed by atoms with E-state index in [4.69, 9.17) is 5.11 Å². The lowest BCUT2D eigenvalue weighted by Gasteiger charge is -2.11. The molecule has 0 aliphatic carbocycles. The van der Waals surface area contributed by atoms with E-state index in [-0.39, 0.29) is 5.69 Å². The highest BCUT2D eigenvalue weighted by Crippen LogP contribution is 2.31. The third kappa shape index (κ3) is 3.74. The van der Waals surface area contributed by atoms with Crippen LogP contribution in [0.1, 0.15) is 29.0 Å². The van der Waals surface area contributed by atoms with E-state index in [1.165, 1.54) is 29.4 Å². The summed E-state index contributed by atoms with van der Waals surface area (Å²) in [5.41, 5.74) is 3.92. The van der Waals surface area contributed by atoms with E-state index in [9.17, 15) is 9.59 Å². The quantitative estimate of drug-likeness (QED) is 0.513. The number of hydrogen-bond acceptors (Lipinski definition) is 5. The number of carbonyl (C=O) groups excluding carboxylic acids is 1. The van der Waals surface area contributed by atoms with Gasteiger partial charge in [-0.25, -0.2) is 14.5 Å². The molecule has 0 spiro atoms. The summed E-state index contributed by atoms with van der Waals surface area (Å²) in [4.78, 5) is 28.4. The summed E-state index contributed by atoms with van der Waals surface area (Å²) in [6.45, 7) is 3.53. The molecule has 0 radical (unpaired) electrons. The maximum Gasteiger partial charge on any atom is 0.328 e. The van der Waals surface area contributed by atoms with Crippen LogP contribution < -0.4 is 5.32 Å². The Morgan fingerprint density at radius 1 is 1.14 bits per heavy atom. The Balaban J connectivity index is 1.53. The van der Waals surface area contributed by atoms with Gasteiger partial charge in [0, 0.05) is 17.4 Å². The topological polar surface area (TPSA) is 97.1 Å². The van der Waals surface area contributed by atoms with Gasteiger partial charge in [0.2, 0.25) is 0 Å². The zero-order chi connectivity index (χ0) is 20.5. The zero-order valence-corrected chi connectivity index (χ0v) is 16.6. The van der Waals surface area contributed by atoms with Gasteiger partial charge in [0.15, 0.2) is 0 Å². The van der Waals surface area contributed by atoms with E-state index in [0.717, 1.165) is 20.8 Å². The fraction of sp³-hybridized carbons (Fsp3) is 0.143. The number of aliphatic carboxylic acids is 1. The van der Waals surface area contributed by atoms with E-state index >= 15 is 0 Å². The number of nitrogens with one attached hydrogen (secondary N) is 1. The van der Waals surface area contributed by atoms with Gasteiger partial charge in [-0.05, 0) is 61.9 Å². The van der Waals surface area contributed by atoms with Gasteiger partial charge in [-0.2, -0.15) is 5.10 Å². The first kappa shape index (κ1) is 18.8.